The first kappa shape index (κ1) is 14.0. The number of amidine groups is 1. The average Bonchev–Trinajstić information content (AvgIpc) is 2.46. The zero-order chi connectivity index (χ0) is 15.7. The van der Waals surface area contributed by atoms with Gasteiger partial charge in [-0.25, -0.2) is 4.99 Å². The molecular formula is C15H15N5O2. The summed E-state index contributed by atoms with van der Waals surface area (Å²) in [4.78, 5) is 14.2. The van der Waals surface area contributed by atoms with Crippen molar-refractivity contribution in [3.8, 4) is 0 Å². The second-order valence-corrected chi connectivity index (χ2v) is 5.21. The fourth-order valence-corrected chi connectivity index (χ4v) is 2.47. The van der Waals surface area contributed by atoms with Crippen molar-refractivity contribution in [2.75, 3.05) is 0 Å². The summed E-state index contributed by atoms with van der Waals surface area (Å²) in [5.74, 6) is -1.36. The number of nitro groups is 1. The first-order valence-corrected chi connectivity index (χ1v) is 6.71. The molecular weight excluding hydrogens is 282 g/mol. The molecule has 112 valence electrons. The molecule has 2 aromatic carbocycles. The molecule has 1 aliphatic heterocycles. The monoisotopic (exact) mass is 297 g/mol. The maximum atomic E-state index is 10.8. The molecule has 0 amide bonds. The largest absolute Gasteiger partial charge is 0.378 e. The van der Waals surface area contributed by atoms with Crippen LogP contribution in [0.2, 0.25) is 0 Å². The highest BCUT2D eigenvalue weighted by molar-refractivity contribution is 5.95. The van der Waals surface area contributed by atoms with Crippen molar-refractivity contribution in [2.45, 2.75) is 12.2 Å². The molecule has 0 saturated carbocycles. The molecule has 0 bridgehead atoms. The maximum Gasteiger partial charge on any atom is 0.326 e. The van der Waals surface area contributed by atoms with E-state index in [4.69, 9.17) is 11.5 Å². The van der Waals surface area contributed by atoms with E-state index in [1.165, 1.54) is 6.20 Å². The molecule has 0 aromatic heterocycles. The van der Waals surface area contributed by atoms with Gasteiger partial charge in [0.05, 0.1) is 11.1 Å². The number of rotatable bonds is 3. The van der Waals surface area contributed by atoms with Crippen LogP contribution in [0.5, 0.6) is 0 Å². The van der Waals surface area contributed by atoms with Gasteiger partial charge in [0.15, 0.2) is 5.79 Å². The summed E-state index contributed by atoms with van der Waals surface area (Å²) in [6.45, 7) is 0. The molecule has 0 radical (unpaired) electrons. The van der Waals surface area contributed by atoms with Crippen LogP contribution in [-0.4, -0.2) is 16.5 Å². The van der Waals surface area contributed by atoms with Crippen molar-refractivity contribution in [2.24, 2.45) is 16.5 Å². The minimum absolute atomic E-state index is 0.174. The Morgan fingerprint density at radius 1 is 1.23 bits per heavy atom. The Morgan fingerprint density at radius 2 is 1.95 bits per heavy atom. The highest BCUT2D eigenvalue weighted by Gasteiger charge is 2.32. The standard InChI is InChI=1S/C15H15N5O2/c16-14-13(20(21)22)9-18-15(17,19-14)8-10-5-6-11-3-1-2-4-12(11)7-10/h1-7,9,18H,8,17H2,(H2,16,19). The second kappa shape index (κ2) is 5.12. The lowest BCUT2D eigenvalue weighted by molar-refractivity contribution is -0.416. The first-order chi connectivity index (χ1) is 10.5. The smallest absolute Gasteiger partial charge is 0.326 e. The summed E-state index contributed by atoms with van der Waals surface area (Å²) in [6, 6.07) is 14.0. The maximum absolute atomic E-state index is 10.8. The van der Waals surface area contributed by atoms with E-state index in [0.717, 1.165) is 16.3 Å². The molecule has 2 aromatic rings. The molecule has 3 rings (SSSR count). The summed E-state index contributed by atoms with van der Waals surface area (Å²) >= 11 is 0. The van der Waals surface area contributed by atoms with Crippen LogP contribution in [0.1, 0.15) is 5.56 Å². The number of nitrogens with zero attached hydrogens (tertiary/aromatic N) is 2. The van der Waals surface area contributed by atoms with Gasteiger partial charge in [-0.1, -0.05) is 42.5 Å². The van der Waals surface area contributed by atoms with Gasteiger partial charge in [-0.2, -0.15) is 0 Å². The normalized spacial score (nSPS) is 21.0. The van der Waals surface area contributed by atoms with Gasteiger partial charge < -0.3 is 11.1 Å². The lowest BCUT2D eigenvalue weighted by Gasteiger charge is -2.28. The van der Waals surface area contributed by atoms with Gasteiger partial charge >= 0.3 is 5.70 Å². The molecule has 7 heteroatoms. The third-order valence-corrected chi connectivity index (χ3v) is 3.53. The fraction of sp³-hybridized carbons (Fsp3) is 0.133. The first-order valence-electron chi connectivity index (χ1n) is 6.71. The Kier molecular flexibility index (Phi) is 3.26. The number of fused-ring (bicyclic) bond motifs is 1. The topological polar surface area (TPSA) is 120 Å². The summed E-state index contributed by atoms with van der Waals surface area (Å²) < 4.78 is 0. The van der Waals surface area contributed by atoms with Crippen molar-refractivity contribution in [3.05, 3.63) is 70.0 Å². The molecule has 0 spiro atoms. The third-order valence-electron chi connectivity index (χ3n) is 3.53. The fourth-order valence-electron chi connectivity index (χ4n) is 2.47. The van der Waals surface area contributed by atoms with Gasteiger partial charge in [0.2, 0.25) is 5.84 Å². The summed E-state index contributed by atoms with van der Waals surface area (Å²) in [5.41, 5.74) is 12.4. The number of aliphatic imine (C=N–C) groups is 1. The van der Waals surface area contributed by atoms with Crippen molar-refractivity contribution in [1.82, 2.24) is 5.32 Å². The van der Waals surface area contributed by atoms with E-state index in [1.54, 1.807) is 0 Å². The number of nitrogens with one attached hydrogen (secondary N) is 1. The quantitative estimate of drug-likeness (QED) is 0.578. The van der Waals surface area contributed by atoms with Crippen LogP contribution in [0.15, 0.2) is 59.4 Å². The van der Waals surface area contributed by atoms with E-state index < -0.39 is 10.7 Å². The van der Waals surface area contributed by atoms with Gasteiger partial charge in [-0.05, 0) is 16.3 Å². The molecule has 7 nitrogen and oxygen atoms in total. The second-order valence-electron chi connectivity index (χ2n) is 5.21. The molecule has 0 aliphatic carbocycles. The van der Waals surface area contributed by atoms with Crippen molar-refractivity contribution in [1.29, 1.82) is 0 Å². The number of hydrogen-bond donors (Lipinski definition) is 3. The highest BCUT2D eigenvalue weighted by Crippen LogP contribution is 2.20. The Balaban J connectivity index is 1.87. The highest BCUT2D eigenvalue weighted by atomic mass is 16.6. The zero-order valence-electron chi connectivity index (χ0n) is 11.7. The summed E-state index contributed by atoms with van der Waals surface area (Å²) in [7, 11) is 0. The third kappa shape index (κ3) is 2.61. The van der Waals surface area contributed by atoms with Gasteiger partial charge in [0.25, 0.3) is 0 Å². The van der Waals surface area contributed by atoms with Gasteiger partial charge in [-0.3, -0.25) is 15.8 Å². The molecule has 22 heavy (non-hydrogen) atoms. The lowest BCUT2D eigenvalue weighted by atomic mass is 10.0. The van der Waals surface area contributed by atoms with Crippen LogP contribution in [0.3, 0.4) is 0 Å². The lowest BCUT2D eigenvalue weighted by Crippen LogP contribution is -2.55. The van der Waals surface area contributed by atoms with E-state index in [2.05, 4.69) is 10.3 Å². The summed E-state index contributed by atoms with van der Waals surface area (Å²) in [6.07, 6.45) is 1.56. The van der Waals surface area contributed by atoms with Gasteiger partial charge in [0, 0.05) is 6.42 Å². The number of hydrogen-bond acceptors (Lipinski definition) is 6. The van der Waals surface area contributed by atoms with E-state index in [0.29, 0.717) is 6.42 Å². The molecule has 0 saturated heterocycles. The van der Waals surface area contributed by atoms with Crippen molar-refractivity contribution in [3.63, 3.8) is 0 Å². The van der Waals surface area contributed by atoms with E-state index in [9.17, 15) is 10.1 Å². The van der Waals surface area contributed by atoms with Gasteiger partial charge in [0.1, 0.15) is 0 Å². The molecule has 1 aliphatic rings. The van der Waals surface area contributed by atoms with Crippen molar-refractivity contribution >= 4 is 16.6 Å². The summed E-state index contributed by atoms with van der Waals surface area (Å²) in [5, 5.41) is 15.8. The Hall–Kier alpha value is -2.93. The number of benzene rings is 2. The van der Waals surface area contributed by atoms with E-state index in [1.807, 2.05) is 42.5 Å². The van der Waals surface area contributed by atoms with Crippen LogP contribution in [0.25, 0.3) is 10.8 Å². The SMILES string of the molecule is NC1=NC(N)(Cc2ccc3ccccc3c2)NC=C1[N+](=O)[O-]. The van der Waals surface area contributed by atoms with E-state index in [-0.39, 0.29) is 11.5 Å². The minimum Gasteiger partial charge on any atom is -0.378 e. The van der Waals surface area contributed by atoms with Crippen LogP contribution < -0.4 is 16.8 Å². The Bertz CT molecular complexity index is 814. The van der Waals surface area contributed by atoms with Gasteiger partial charge in [-0.15, -0.1) is 0 Å². The Morgan fingerprint density at radius 3 is 2.64 bits per heavy atom. The predicted octanol–water partition coefficient (Wildman–Crippen LogP) is 1.07. The molecule has 1 heterocycles. The van der Waals surface area contributed by atoms with Crippen LogP contribution in [0.4, 0.5) is 0 Å². The molecule has 1 atom stereocenters. The zero-order valence-corrected chi connectivity index (χ0v) is 11.7. The number of nitrogens with two attached hydrogens (primary N) is 2. The minimum atomic E-state index is -1.19. The Labute approximate surface area is 126 Å². The average molecular weight is 297 g/mol. The molecule has 0 fully saturated rings. The molecule has 5 N–H and O–H groups in total. The molecule has 1 unspecified atom stereocenters. The van der Waals surface area contributed by atoms with Crippen LogP contribution in [-0.2, 0) is 6.42 Å². The van der Waals surface area contributed by atoms with E-state index >= 15 is 0 Å². The van der Waals surface area contributed by atoms with Crippen LogP contribution in [0, 0.1) is 10.1 Å². The van der Waals surface area contributed by atoms with Crippen molar-refractivity contribution < 1.29 is 4.92 Å². The van der Waals surface area contributed by atoms with Crippen LogP contribution >= 0.6 is 0 Å². The predicted molar refractivity (Wildman–Crippen MR) is 84.4 cm³/mol.